The lowest BCUT2D eigenvalue weighted by Crippen LogP contribution is -2.54. The molecule has 0 saturated carbocycles. The number of hydrogen-bond donors (Lipinski definition) is 8. The predicted molar refractivity (Wildman–Crippen MR) is 94.9 cm³/mol. The van der Waals surface area contributed by atoms with E-state index in [2.05, 4.69) is 16.0 Å². The van der Waals surface area contributed by atoms with Gasteiger partial charge in [-0.25, -0.2) is 4.79 Å². The molecule has 14 heteroatoms. The maximum absolute atomic E-state index is 12.3. The predicted octanol–water partition coefficient (Wildman–Crippen LogP) is -4.39. The van der Waals surface area contributed by atoms with Crippen molar-refractivity contribution in [3.63, 3.8) is 0 Å². The second-order valence-electron chi connectivity index (χ2n) is 5.96. The summed E-state index contributed by atoms with van der Waals surface area (Å²) >= 11 is 0. The topological polar surface area (TPSA) is 251 Å². The van der Waals surface area contributed by atoms with Crippen molar-refractivity contribution in [3.05, 3.63) is 0 Å². The van der Waals surface area contributed by atoms with E-state index >= 15 is 0 Å². The van der Waals surface area contributed by atoms with Gasteiger partial charge < -0.3 is 42.7 Å². The lowest BCUT2D eigenvalue weighted by atomic mass is 10.1. The summed E-state index contributed by atoms with van der Waals surface area (Å²) in [5.41, 5.74) is 10.3. The van der Waals surface area contributed by atoms with Crippen LogP contribution in [0.5, 0.6) is 0 Å². The van der Waals surface area contributed by atoms with Gasteiger partial charge in [0, 0.05) is 12.8 Å². The maximum Gasteiger partial charge on any atom is 0.326 e. The van der Waals surface area contributed by atoms with E-state index in [1.807, 2.05) is 0 Å². The van der Waals surface area contributed by atoms with Crippen LogP contribution in [0, 0.1) is 0 Å². The number of aliphatic hydroxyl groups excluding tert-OH is 1. The van der Waals surface area contributed by atoms with Gasteiger partial charge >= 0.3 is 11.9 Å². The van der Waals surface area contributed by atoms with Gasteiger partial charge in [-0.1, -0.05) is 0 Å². The normalized spacial score (nSPS) is 13.4. The fraction of sp³-hybridized carbons (Fsp3) is 0.600. The Morgan fingerprint density at radius 2 is 1.45 bits per heavy atom. The minimum Gasteiger partial charge on any atom is -0.481 e. The first-order valence-electron chi connectivity index (χ1n) is 8.44. The van der Waals surface area contributed by atoms with Crippen LogP contribution < -0.4 is 27.4 Å². The zero-order valence-corrected chi connectivity index (χ0v) is 15.4. The van der Waals surface area contributed by atoms with E-state index in [1.54, 1.807) is 0 Å². The van der Waals surface area contributed by atoms with Crippen molar-refractivity contribution in [3.8, 4) is 0 Å². The molecule has 4 amide bonds. The first-order chi connectivity index (χ1) is 13.5. The maximum atomic E-state index is 12.3. The fourth-order valence-corrected chi connectivity index (χ4v) is 1.98. The first kappa shape index (κ1) is 25.7. The summed E-state index contributed by atoms with van der Waals surface area (Å²) in [6.07, 6.45) is -1.50. The quantitative estimate of drug-likeness (QED) is 0.134. The van der Waals surface area contributed by atoms with Gasteiger partial charge in [0.25, 0.3) is 0 Å². The number of hydrogen-bond acceptors (Lipinski definition) is 8. The second-order valence-corrected chi connectivity index (χ2v) is 5.96. The molecule has 0 heterocycles. The van der Waals surface area contributed by atoms with Gasteiger partial charge in [-0.3, -0.25) is 24.0 Å². The van der Waals surface area contributed by atoms with Gasteiger partial charge in [0.15, 0.2) is 0 Å². The van der Waals surface area contributed by atoms with Crippen LogP contribution in [0.25, 0.3) is 0 Å². The van der Waals surface area contributed by atoms with Crippen molar-refractivity contribution in [2.75, 3.05) is 13.2 Å². The number of amides is 4. The molecular weight excluding hydrogens is 394 g/mol. The van der Waals surface area contributed by atoms with Crippen molar-refractivity contribution < 1.29 is 44.1 Å². The van der Waals surface area contributed by atoms with Crippen molar-refractivity contribution in [2.24, 2.45) is 11.5 Å². The van der Waals surface area contributed by atoms with E-state index in [-0.39, 0.29) is 12.8 Å². The van der Waals surface area contributed by atoms with Gasteiger partial charge in [0.05, 0.1) is 13.2 Å². The molecular formula is C15H25N5O9. The lowest BCUT2D eigenvalue weighted by Gasteiger charge is -2.21. The highest BCUT2D eigenvalue weighted by atomic mass is 16.4. The van der Waals surface area contributed by atoms with Crippen LogP contribution in [-0.4, -0.2) is 82.2 Å². The molecule has 0 spiro atoms. The Morgan fingerprint density at radius 3 is 1.93 bits per heavy atom. The molecule has 29 heavy (non-hydrogen) atoms. The van der Waals surface area contributed by atoms with Gasteiger partial charge in [-0.05, 0) is 12.8 Å². The molecule has 0 aliphatic carbocycles. The summed E-state index contributed by atoms with van der Waals surface area (Å²) < 4.78 is 0. The molecule has 164 valence electrons. The highest BCUT2D eigenvalue weighted by Gasteiger charge is 2.27. The zero-order valence-electron chi connectivity index (χ0n) is 15.4. The second kappa shape index (κ2) is 13.0. The number of carboxylic acid groups (broad SMARTS) is 2. The molecule has 0 aromatic carbocycles. The van der Waals surface area contributed by atoms with Crippen molar-refractivity contribution >= 4 is 35.6 Å². The van der Waals surface area contributed by atoms with E-state index < -0.39 is 79.7 Å². The van der Waals surface area contributed by atoms with Gasteiger partial charge in [-0.2, -0.15) is 0 Å². The van der Waals surface area contributed by atoms with Crippen molar-refractivity contribution in [2.45, 2.75) is 43.8 Å². The van der Waals surface area contributed by atoms with Crippen LogP contribution in [0.15, 0.2) is 0 Å². The third kappa shape index (κ3) is 11.2. The molecule has 0 saturated heterocycles. The molecule has 3 unspecified atom stereocenters. The van der Waals surface area contributed by atoms with Crippen molar-refractivity contribution in [1.29, 1.82) is 0 Å². The van der Waals surface area contributed by atoms with Gasteiger partial charge in [-0.15, -0.1) is 0 Å². The van der Waals surface area contributed by atoms with E-state index in [9.17, 15) is 28.8 Å². The Bertz CT molecular complexity index is 640. The van der Waals surface area contributed by atoms with E-state index in [1.165, 1.54) is 0 Å². The standard InChI is InChI=1S/C15H25N5O9/c16-7(6-21)13(26)18-5-11(23)19-8(1-3-10(17)22)14(27)20-9(15(28)29)2-4-12(24)25/h7-9,21H,1-6,16H2,(H2,17,22)(H,18,26)(H,19,23)(H,20,27)(H,24,25)(H,28,29). The molecule has 3 atom stereocenters. The Morgan fingerprint density at radius 1 is 0.862 bits per heavy atom. The summed E-state index contributed by atoms with van der Waals surface area (Å²) in [7, 11) is 0. The number of rotatable bonds is 14. The highest BCUT2D eigenvalue weighted by molar-refractivity contribution is 5.92. The number of primary amides is 1. The van der Waals surface area contributed by atoms with Gasteiger partial charge in [0.2, 0.25) is 23.6 Å². The minimum absolute atomic E-state index is 0.262. The SMILES string of the molecule is NC(=O)CCC(NC(=O)CNC(=O)C(N)CO)C(=O)NC(CCC(=O)O)C(=O)O. The zero-order chi connectivity index (χ0) is 22.6. The molecule has 0 aliphatic rings. The summed E-state index contributed by atoms with van der Waals surface area (Å²) in [6.45, 7) is -1.25. The Labute approximate surface area is 165 Å². The van der Waals surface area contributed by atoms with Crippen molar-refractivity contribution in [1.82, 2.24) is 16.0 Å². The number of carboxylic acids is 2. The van der Waals surface area contributed by atoms with Crippen LogP contribution >= 0.6 is 0 Å². The Kier molecular flexibility index (Phi) is 11.5. The molecule has 0 aromatic rings. The number of aliphatic hydroxyl groups is 1. The van der Waals surface area contributed by atoms with E-state index in [0.29, 0.717) is 0 Å². The third-order valence-corrected chi connectivity index (χ3v) is 3.55. The number of nitrogens with one attached hydrogen (secondary N) is 3. The third-order valence-electron chi connectivity index (χ3n) is 3.55. The van der Waals surface area contributed by atoms with Crippen LogP contribution in [0.1, 0.15) is 25.7 Å². The first-order valence-corrected chi connectivity index (χ1v) is 8.44. The number of carbonyl (C=O) groups is 6. The smallest absolute Gasteiger partial charge is 0.326 e. The average molecular weight is 419 g/mol. The Balaban J connectivity index is 4.99. The molecule has 0 bridgehead atoms. The monoisotopic (exact) mass is 419 g/mol. The molecule has 0 rings (SSSR count). The van der Waals surface area contributed by atoms with Crippen LogP contribution in [0.2, 0.25) is 0 Å². The Hall–Kier alpha value is -3.26. The molecule has 0 aromatic heterocycles. The van der Waals surface area contributed by atoms with Crippen LogP contribution in [-0.2, 0) is 28.8 Å². The summed E-state index contributed by atoms with van der Waals surface area (Å²) in [4.78, 5) is 68.4. The van der Waals surface area contributed by atoms with Gasteiger partial charge in [0.1, 0.15) is 18.1 Å². The molecule has 0 radical (unpaired) electrons. The minimum atomic E-state index is -1.53. The highest BCUT2D eigenvalue weighted by Crippen LogP contribution is 2.03. The van der Waals surface area contributed by atoms with E-state index in [4.69, 9.17) is 26.8 Å². The molecule has 14 nitrogen and oxygen atoms in total. The molecule has 10 N–H and O–H groups in total. The van der Waals surface area contributed by atoms with Crippen LogP contribution in [0.3, 0.4) is 0 Å². The van der Waals surface area contributed by atoms with Crippen LogP contribution in [0.4, 0.5) is 0 Å². The number of nitrogens with two attached hydrogens (primary N) is 2. The fourth-order valence-electron chi connectivity index (χ4n) is 1.98. The number of carbonyl (C=O) groups excluding carboxylic acids is 4. The number of aliphatic carboxylic acids is 2. The summed E-state index contributed by atoms with van der Waals surface area (Å²) in [5.74, 6) is -6.17. The average Bonchev–Trinajstić information content (AvgIpc) is 2.64. The molecule has 0 fully saturated rings. The lowest BCUT2D eigenvalue weighted by molar-refractivity contribution is -0.143. The summed E-state index contributed by atoms with van der Waals surface area (Å²) in [5, 5.41) is 32.9. The largest absolute Gasteiger partial charge is 0.481 e. The van der Waals surface area contributed by atoms with E-state index in [0.717, 1.165) is 0 Å². The summed E-state index contributed by atoms with van der Waals surface area (Å²) in [6, 6.07) is -4.15. The molecule has 0 aliphatic heterocycles.